The van der Waals surface area contributed by atoms with E-state index in [2.05, 4.69) is 0 Å². The summed E-state index contributed by atoms with van der Waals surface area (Å²) >= 11 is 0. The summed E-state index contributed by atoms with van der Waals surface area (Å²) in [4.78, 5) is 0. The van der Waals surface area contributed by atoms with Crippen LogP contribution in [0.1, 0.15) is 17.2 Å². The zero-order chi connectivity index (χ0) is 18.7. The minimum absolute atomic E-state index is 0.277. The average Bonchev–Trinajstić information content (AvgIpc) is 2.67. The highest BCUT2D eigenvalue weighted by Gasteiger charge is 2.43. The first-order valence-corrected chi connectivity index (χ1v) is 8.27. The Kier molecular flexibility index (Phi) is 5.85. The molecular formula is C19H21FO6. The number of rotatable bonds is 5. The third-order valence-corrected chi connectivity index (χ3v) is 4.42. The van der Waals surface area contributed by atoms with Crippen molar-refractivity contribution in [3.8, 4) is 5.75 Å². The van der Waals surface area contributed by atoms with E-state index in [0.717, 1.165) is 5.56 Å². The fourth-order valence-corrected chi connectivity index (χ4v) is 2.88. The fraction of sp³-hybridized carbons (Fsp3) is 0.368. The molecule has 0 aliphatic carbocycles. The first-order chi connectivity index (χ1) is 12.5. The molecule has 1 heterocycles. The molecule has 140 valence electrons. The van der Waals surface area contributed by atoms with Crippen LogP contribution >= 0.6 is 0 Å². The lowest BCUT2D eigenvalue weighted by Crippen LogP contribution is -2.55. The molecule has 6 nitrogen and oxygen atoms in total. The molecule has 5 atom stereocenters. The summed E-state index contributed by atoms with van der Waals surface area (Å²) in [6.45, 7) is -0.194. The standard InChI is InChI=1S/C19H21FO6/c20-13-5-1-11(2-6-13)10-25-14-7-3-12(4-8-14)19-18(24)17(23)16(22)15(9-21)26-19/h1-8,15-19,21-24H,9-10H2/t15?,16-,17?,18?,19-/m1/s1. The van der Waals surface area contributed by atoms with Crippen LogP contribution in [0.15, 0.2) is 48.5 Å². The summed E-state index contributed by atoms with van der Waals surface area (Å²) in [5, 5.41) is 39.1. The smallest absolute Gasteiger partial charge is 0.123 e. The van der Waals surface area contributed by atoms with E-state index in [9.17, 15) is 24.8 Å². The summed E-state index contributed by atoms with van der Waals surface area (Å²) in [6, 6.07) is 12.7. The molecule has 2 aromatic carbocycles. The fourth-order valence-electron chi connectivity index (χ4n) is 2.88. The van der Waals surface area contributed by atoms with Gasteiger partial charge in [-0.1, -0.05) is 24.3 Å². The van der Waals surface area contributed by atoms with Crippen LogP contribution in [-0.4, -0.2) is 51.4 Å². The molecule has 0 saturated carbocycles. The van der Waals surface area contributed by atoms with E-state index in [4.69, 9.17) is 9.47 Å². The predicted molar refractivity (Wildman–Crippen MR) is 89.9 cm³/mol. The second-order valence-electron chi connectivity index (χ2n) is 6.23. The molecule has 0 aromatic heterocycles. The van der Waals surface area contributed by atoms with E-state index >= 15 is 0 Å². The zero-order valence-electron chi connectivity index (χ0n) is 13.9. The minimum Gasteiger partial charge on any atom is -0.489 e. The SMILES string of the molecule is OCC1O[C@H](c2ccc(OCc3ccc(F)cc3)cc2)C(O)C(O)[C@@H]1O. The molecule has 1 saturated heterocycles. The van der Waals surface area contributed by atoms with E-state index in [1.54, 1.807) is 36.4 Å². The quantitative estimate of drug-likeness (QED) is 0.630. The van der Waals surface area contributed by atoms with Gasteiger partial charge in [-0.05, 0) is 35.4 Å². The van der Waals surface area contributed by atoms with E-state index in [1.165, 1.54) is 12.1 Å². The first-order valence-electron chi connectivity index (χ1n) is 8.27. The van der Waals surface area contributed by atoms with Crippen molar-refractivity contribution in [2.24, 2.45) is 0 Å². The van der Waals surface area contributed by atoms with Gasteiger partial charge in [-0.25, -0.2) is 4.39 Å². The molecule has 3 unspecified atom stereocenters. The van der Waals surface area contributed by atoms with Gasteiger partial charge in [0.05, 0.1) is 6.61 Å². The molecule has 1 aliphatic heterocycles. The van der Waals surface area contributed by atoms with Gasteiger partial charge in [0, 0.05) is 0 Å². The predicted octanol–water partition coefficient (Wildman–Crippen LogP) is 0.920. The number of hydrogen-bond acceptors (Lipinski definition) is 6. The highest BCUT2D eigenvalue weighted by atomic mass is 19.1. The third-order valence-electron chi connectivity index (χ3n) is 4.42. The Bertz CT molecular complexity index is 703. The van der Waals surface area contributed by atoms with E-state index in [1.807, 2.05) is 0 Å². The molecular weight excluding hydrogens is 343 g/mol. The zero-order valence-corrected chi connectivity index (χ0v) is 13.9. The average molecular weight is 364 g/mol. The van der Waals surface area contributed by atoms with Gasteiger partial charge in [0.25, 0.3) is 0 Å². The maximum atomic E-state index is 12.9. The molecule has 0 bridgehead atoms. The summed E-state index contributed by atoms with van der Waals surface area (Å²) in [7, 11) is 0. The van der Waals surface area contributed by atoms with Crippen LogP contribution in [0.3, 0.4) is 0 Å². The molecule has 7 heteroatoms. The van der Waals surface area contributed by atoms with Crippen LogP contribution in [0.2, 0.25) is 0 Å². The largest absolute Gasteiger partial charge is 0.489 e. The Balaban J connectivity index is 1.65. The van der Waals surface area contributed by atoms with Crippen LogP contribution in [0.4, 0.5) is 4.39 Å². The highest BCUT2D eigenvalue weighted by Crippen LogP contribution is 2.33. The second kappa shape index (κ2) is 8.11. The van der Waals surface area contributed by atoms with Crippen LogP contribution in [0, 0.1) is 5.82 Å². The van der Waals surface area contributed by atoms with Crippen molar-refractivity contribution in [2.45, 2.75) is 37.1 Å². The molecule has 26 heavy (non-hydrogen) atoms. The van der Waals surface area contributed by atoms with Crippen LogP contribution in [0.25, 0.3) is 0 Å². The number of benzene rings is 2. The van der Waals surface area contributed by atoms with Crippen molar-refractivity contribution in [3.05, 3.63) is 65.5 Å². The number of hydrogen-bond donors (Lipinski definition) is 4. The van der Waals surface area contributed by atoms with Crippen molar-refractivity contribution in [1.82, 2.24) is 0 Å². The Hall–Kier alpha value is -2.03. The van der Waals surface area contributed by atoms with E-state index in [0.29, 0.717) is 11.3 Å². The normalized spacial score (nSPS) is 28.7. The highest BCUT2D eigenvalue weighted by molar-refractivity contribution is 5.30. The topological polar surface area (TPSA) is 99.4 Å². The summed E-state index contributed by atoms with van der Waals surface area (Å²) in [6.07, 6.45) is -5.95. The second-order valence-corrected chi connectivity index (χ2v) is 6.23. The van der Waals surface area contributed by atoms with Crippen molar-refractivity contribution in [3.63, 3.8) is 0 Å². The molecule has 0 amide bonds. The monoisotopic (exact) mass is 364 g/mol. The van der Waals surface area contributed by atoms with Gasteiger partial charge in [-0.2, -0.15) is 0 Å². The molecule has 0 radical (unpaired) electrons. The number of halogens is 1. The Labute approximate surface area is 150 Å². The molecule has 3 rings (SSSR count). The van der Waals surface area contributed by atoms with E-state index in [-0.39, 0.29) is 12.4 Å². The maximum Gasteiger partial charge on any atom is 0.123 e. The summed E-state index contributed by atoms with van der Waals surface area (Å²) < 4.78 is 24.0. The van der Waals surface area contributed by atoms with Gasteiger partial charge in [0.1, 0.15) is 48.7 Å². The number of ether oxygens (including phenoxy) is 2. The summed E-state index contributed by atoms with van der Waals surface area (Å²) in [5.41, 5.74) is 1.40. The first kappa shape index (κ1) is 18.8. The van der Waals surface area contributed by atoms with Crippen molar-refractivity contribution < 1.29 is 34.3 Å². The lowest BCUT2D eigenvalue weighted by molar-refractivity contribution is -0.231. The Morgan fingerprint density at radius 2 is 1.54 bits per heavy atom. The Morgan fingerprint density at radius 3 is 2.15 bits per heavy atom. The van der Waals surface area contributed by atoms with Gasteiger partial charge in [-0.3, -0.25) is 0 Å². The lowest BCUT2D eigenvalue weighted by Gasteiger charge is -2.40. The molecule has 4 N–H and O–H groups in total. The van der Waals surface area contributed by atoms with Gasteiger partial charge >= 0.3 is 0 Å². The van der Waals surface area contributed by atoms with Gasteiger partial charge < -0.3 is 29.9 Å². The van der Waals surface area contributed by atoms with Crippen molar-refractivity contribution in [2.75, 3.05) is 6.61 Å². The van der Waals surface area contributed by atoms with Gasteiger partial charge in [0.15, 0.2) is 0 Å². The Morgan fingerprint density at radius 1 is 0.885 bits per heavy atom. The molecule has 2 aromatic rings. The van der Waals surface area contributed by atoms with Gasteiger partial charge in [-0.15, -0.1) is 0 Å². The van der Waals surface area contributed by atoms with Crippen LogP contribution in [-0.2, 0) is 11.3 Å². The van der Waals surface area contributed by atoms with Crippen molar-refractivity contribution in [1.29, 1.82) is 0 Å². The lowest BCUT2D eigenvalue weighted by atomic mass is 9.91. The number of aliphatic hydroxyl groups is 4. The van der Waals surface area contributed by atoms with Crippen molar-refractivity contribution >= 4 is 0 Å². The molecule has 0 spiro atoms. The number of aliphatic hydroxyl groups excluding tert-OH is 4. The third kappa shape index (κ3) is 4.03. The van der Waals surface area contributed by atoms with Crippen LogP contribution < -0.4 is 4.74 Å². The minimum atomic E-state index is -1.42. The van der Waals surface area contributed by atoms with E-state index < -0.39 is 37.1 Å². The van der Waals surface area contributed by atoms with Gasteiger partial charge in [0.2, 0.25) is 0 Å². The summed E-state index contributed by atoms with van der Waals surface area (Å²) in [5.74, 6) is 0.264. The van der Waals surface area contributed by atoms with Crippen LogP contribution in [0.5, 0.6) is 5.75 Å². The maximum absolute atomic E-state index is 12.9. The molecule has 1 aliphatic rings. The molecule has 1 fully saturated rings.